The Morgan fingerprint density at radius 2 is 2.31 bits per heavy atom. The van der Waals surface area contributed by atoms with Gasteiger partial charge in [-0.2, -0.15) is 0 Å². The number of aromatic hydroxyl groups is 1. The van der Waals surface area contributed by atoms with Crippen molar-refractivity contribution >= 4 is 32.6 Å². The molecule has 2 N–H and O–H groups in total. The van der Waals surface area contributed by atoms with Gasteiger partial charge in [0.2, 0.25) is 5.91 Å². The van der Waals surface area contributed by atoms with Crippen LogP contribution in [0.4, 0.5) is 5.13 Å². The van der Waals surface area contributed by atoms with E-state index in [4.69, 9.17) is 0 Å². The second-order valence-corrected chi connectivity index (χ2v) is 4.97. The lowest BCUT2D eigenvalue weighted by atomic mass is 10.3. The minimum atomic E-state index is 0.0586. The Kier molecular flexibility index (Phi) is 2.07. The number of hydrogen-bond donors (Lipinski definition) is 2. The van der Waals surface area contributed by atoms with Crippen LogP contribution in [-0.4, -0.2) is 16.0 Å². The standard InChI is InChI=1S/C11H10N2O2S/c14-7-3-4-8-9(5-7)16-11(12-8)13-10(15)6-1-2-6/h3-6,14H,1-2H2,(H,12,13,15). The summed E-state index contributed by atoms with van der Waals surface area (Å²) in [5.74, 6) is 0.458. The summed E-state index contributed by atoms with van der Waals surface area (Å²) in [5.41, 5.74) is 0.800. The summed E-state index contributed by atoms with van der Waals surface area (Å²) in [5, 5.41) is 12.7. The summed E-state index contributed by atoms with van der Waals surface area (Å²) < 4.78 is 0.881. The number of benzene rings is 1. The van der Waals surface area contributed by atoms with Crippen LogP contribution in [-0.2, 0) is 4.79 Å². The van der Waals surface area contributed by atoms with Gasteiger partial charge in [-0.25, -0.2) is 4.98 Å². The van der Waals surface area contributed by atoms with Crippen LogP contribution in [0, 0.1) is 5.92 Å². The van der Waals surface area contributed by atoms with Gasteiger partial charge in [0, 0.05) is 5.92 Å². The second kappa shape index (κ2) is 3.45. The van der Waals surface area contributed by atoms with Gasteiger partial charge in [-0.1, -0.05) is 11.3 Å². The third kappa shape index (κ3) is 1.74. The summed E-state index contributed by atoms with van der Waals surface area (Å²) >= 11 is 1.38. The zero-order valence-electron chi connectivity index (χ0n) is 8.43. The number of phenols is 1. The number of nitrogens with one attached hydrogen (secondary N) is 1. The molecule has 1 amide bonds. The topological polar surface area (TPSA) is 62.2 Å². The Hall–Kier alpha value is -1.62. The van der Waals surface area contributed by atoms with Crippen LogP contribution in [0.1, 0.15) is 12.8 Å². The van der Waals surface area contributed by atoms with Crippen LogP contribution in [0.5, 0.6) is 5.75 Å². The second-order valence-electron chi connectivity index (χ2n) is 3.93. The highest BCUT2D eigenvalue weighted by molar-refractivity contribution is 7.22. The highest BCUT2D eigenvalue weighted by atomic mass is 32.1. The first-order chi connectivity index (χ1) is 7.72. The maximum Gasteiger partial charge on any atom is 0.229 e. The van der Waals surface area contributed by atoms with E-state index >= 15 is 0 Å². The van der Waals surface area contributed by atoms with Crippen molar-refractivity contribution < 1.29 is 9.90 Å². The normalized spacial score (nSPS) is 15.2. The highest BCUT2D eigenvalue weighted by Crippen LogP contribution is 2.32. The van der Waals surface area contributed by atoms with Gasteiger partial charge < -0.3 is 10.4 Å². The van der Waals surface area contributed by atoms with E-state index in [-0.39, 0.29) is 17.6 Å². The third-order valence-electron chi connectivity index (χ3n) is 2.55. The maximum absolute atomic E-state index is 11.5. The smallest absolute Gasteiger partial charge is 0.229 e. The number of thiazole rings is 1. The Labute approximate surface area is 95.9 Å². The van der Waals surface area contributed by atoms with E-state index in [1.807, 2.05) is 0 Å². The largest absolute Gasteiger partial charge is 0.508 e. The number of carbonyl (C=O) groups is 1. The van der Waals surface area contributed by atoms with Gasteiger partial charge in [0.25, 0.3) is 0 Å². The molecule has 16 heavy (non-hydrogen) atoms. The van der Waals surface area contributed by atoms with Crippen molar-refractivity contribution in [2.75, 3.05) is 5.32 Å². The molecule has 1 aliphatic carbocycles. The van der Waals surface area contributed by atoms with E-state index in [1.54, 1.807) is 18.2 Å². The Morgan fingerprint density at radius 3 is 3.06 bits per heavy atom. The minimum absolute atomic E-state index is 0.0586. The molecule has 0 saturated heterocycles. The van der Waals surface area contributed by atoms with Crippen molar-refractivity contribution in [1.29, 1.82) is 0 Å². The fraction of sp³-hybridized carbons (Fsp3) is 0.273. The van der Waals surface area contributed by atoms with Crippen molar-refractivity contribution in [2.24, 2.45) is 5.92 Å². The minimum Gasteiger partial charge on any atom is -0.508 e. The van der Waals surface area contributed by atoms with Crippen LogP contribution in [0.3, 0.4) is 0 Å². The first kappa shape index (κ1) is 9.59. The Bertz CT molecular complexity index is 560. The molecule has 1 aromatic carbocycles. The van der Waals surface area contributed by atoms with Crippen molar-refractivity contribution in [3.63, 3.8) is 0 Å². The maximum atomic E-state index is 11.5. The van der Waals surface area contributed by atoms with E-state index in [1.165, 1.54) is 11.3 Å². The number of amides is 1. The summed E-state index contributed by atoms with van der Waals surface area (Å²) in [6, 6.07) is 4.99. The predicted octanol–water partition coefficient (Wildman–Crippen LogP) is 2.35. The van der Waals surface area contributed by atoms with Gasteiger partial charge in [-0.3, -0.25) is 4.79 Å². The van der Waals surface area contributed by atoms with Gasteiger partial charge in [0.15, 0.2) is 5.13 Å². The van der Waals surface area contributed by atoms with E-state index in [9.17, 15) is 9.90 Å². The molecule has 0 aliphatic heterocycles. The monoisotopic (exact) mass is 234 g/mol. The zero-order chi connectivity index (χ0) is 11.1. The molecule has 1 aromatic heterocycles. The number of fused-ring (bicyclic) bond motifs is 1. The fourth-order valence-electron chi connectivity index (χ4n) is 1.52. The molecule has 1 saturated carbocycles. The lowest BCUT2D eigenvalue weighted by molar-refractivity contribution is -0.117. The molecule has 4 nitrogen and oxygen atoms in total. The lowest BCUT2D eigenvalue weighted by Gasteiger charge is -1.96. The lowest BCUT2D eigenvalue weighted by Crippen LogP contribution is -2.12. The molecule has 1 aliphatic rings. The van der Waals surface area contributed by atoms with Gasteiger partial charge in [-0.15, -0.1) is 0 Å². The molecule has 0 unspecified atom stereocenters. The first-order valence-corrected chi connectivity index (χ1v) is 5.94. The average Bonchev–Trinajstić information content (AvgIpc) is 3.00. The number of anilines is 1. The number of aromatic nitrogens is 1. The van der Waals surface area contributed by atoms with E-state index in [0.717, 1.165) is 23.1 Å². The number of hydrogen-bond acceptors (Lipinski definition) is 4. The highest BCUT2D eigenvalue weighted by Gasteiger charge is 2.30. The van der Waals surface area contributed by atoms with Crippen LogP contribution < -0.4 is 5.32 Å². The van der Waals surface area contributed by atoms with E-state index in [0.29, 0.717) is 5.13 Å². The van der Waals surface area contributed by atoms with E-state index < -0.39 is 0 Å². The van der Waals surface area contributed by atoms with Crippen LogP contribution >= 0.6 is 11.3 Å². The zero-order valence-corrected chi connectivity index (χ0v) is 9.25. The molecule has 1 heterocycles. The molecule has 5 heteroatoms. The quantitative estimate of drug-likeness (QED) is 0.838. The summed E-state index contributed by atoms with van der Waals surface area (Å²) in [7, 11) is 0. The van der Waals surface area contributed by atoms with Crippen LogP contribution in [0.2, 0.25) is 0 Å². The Morgan fingerprint density at radius 1 is 1.50 bits per heavy atom. The first-order valence-electron chi connectivity index (χ1n) is 5.13. The number of carbonyl (C=O) groups excluding carboxylic acids is 1. The van der Waals surface area contributed by atoms with Gasteiger partial charge in [0.1, 0.15) is 5.75 Å². The van der Waals surface area contributed by atoms with E-state index in [2.05, 4.69) is 10.3 Å². The summed E-state index contributed by atoms with van der Waals surface area (Å²) in [6.45, 7) is 0. The van der Waals surface area contributed by atoms with Gasteiger partial charge in [-0.05, 0) is 31.0 Å². The molecule has 1 fully saturated rings. The Balaban J connectivity index is 1.89. The molecular weight excluding hydrogens is 224 g/mol. The predicted molar refractivity (Wildman–Crippen MR) is 62.6 cm³/mol. The number of rotatable bonds is 2. The number of nitrogens with zero attached hydrogens (tertiary/aromatic N) is 1. The molecule has 0 bridgehead atoms. The molecule has 3 rings (SSSR count). The molecule has 0 atom stereocenters. The third-order valence-corrected chi connectivity index (χ3v) is 3.48. The molecule has 0 radical (unpaired) electrons. The van der Waals surface area contributed by atoms with Gasteiger partial charge in [0.05, 0.1) is 10.2 Å². The SMILES string of the molecule is O=C(Nc1nc2ccc(O)cc2s1)C1CC1. The molecule has 0 spiro atoms. The van der Waals surface area contributed by atoms with Crippen LogP contribution in [0.25, 0.3) is 10.2 Å². The van der Waals surface area contributed by atoms with Crippen LogP contribution in [0.15, 0.2) is 18.2 Å². The van der Waals surface area contributed by atoms with Crippen molar-refractivity contribution in [2.45, 2.75) is 12.8 Å². The molecule has 82 valence electrons. The molecular formula is C11H10N2O2S. The number of phenolic OH excluding ortho intramolecular Hbond substituents is 1. The van der Waals surface area contributed by atoms with Crippen molar-refractivity contribution in [3.05, 3.63) is 18.2 Å². The summed E-state index contributed by atoms with van der Waals surface area (Å²) in [4.78, 5) is 15.8. The molecule has 2 aromatic rings. The fourth-order valence-corrected chi connectivity index (χ4v) is 2.42. The summed E-state index contributed by atoms with van der Waals surface area (Å²) in [6.07, 6.45) is 1.97. The van der Waals surface area contributed by atoms with Gasteiger partial charge >= 0.3 is 0 Å². The van der Waals surface area contributed by atoms with Crippen molar-refractivity contribution in [3.8, 4) is 5.75 Å². The van der Waals surface area contributed by atoms with Crippen molar-refractivity contribution in [1.82, 2.24) is 4.98 Å². The average molecular weight is 234 g/mol.